The Morgan fingerprint density at radius 3 is 1.77 bits per heavy atom. The molecule has 1 fully saturated rings. The zero-order valence-corrected chi connectivity index (χ0v) is 11.0. The summed E-state index contributed by atoms with van der Waals surface area (Å²) in [6.07, 6.45) is 16.0. The molecular formula is C12H28S. The molecule has 1 heteroatoms. The van der Waals surface area contributed by atoms with Crippen LogP contribution in [0.15, 0.2) is 0 Å². The number of hydrogen-bond donors (Lipinski definition) is 1. The minimum atomic E-state index is -1.22. The Balaban J connectivity index is 2.39. The average molecular weight is 204 g/mol. The molecule has 1 rings (SSSR count). The van der Waals surface area contributed by atoms with Gasteiger partial charge in [-0.1, -0.05) is 19.8 Å². The van der Waals surface area contributed by atoms with Crippen LogP contribution < -0.4 is 0 Å². The second-order valence-corrected chi connectivity index (χ2v) is 15.5. The van der Waals surface area contributed by atoms with Crippen molar-refractivity contribution in [1.82, 2.24) is 0 Å². The quantitative estimate of drug-likeness (QED) is 0.655. The van der Waals surface area contributed by atoms with Crippen molar-refractivity contribution in [2.45, 2.75) is 32.6 Å². The van der Waals surface area contributed by atoms with E-state index in [0.29, 0.717) is 0 Å². The van der Waals surface area contributed by atoms with Crippen molar-refractivity contribution in [3.05, 3.63) is 0 Å². The summed E-state index contributed by atoms with van der Waals surface area (Å²) >= 11 is 0. The maximum atomic E-state index is 2.52. The third-order valence-electron chi connectivity index (χ3n) is 3.12. The zero-order chi connectivity index (χ0) is 10.1. The van der Waals surface area contributed by atoms with E-state index >= 15 is 0 Å². The Morgan fingerprint density at radius 1 is 0.923 bits per heavy atom. The highest BCUT2D eigenvalue weighted by atomic mass is 32.3. The van der Waals surface area contributed by atoms with Crippen molar-refractivity contribution >= 4 is 9.16 Å². The molecule has 1 aliphatic carbocycles. The first kappa shape index (κ1) is 11.4. The van der Waals surface area contributed by atoms with Crippen molar-refractivity contribution in [1.29, 1.82) is 0 Å². The van der Waals surface area contributed by atoms with Gasteiger partial charge in [-0.3, -0.25) is 9.16 Å². The molecule has 82 valence electrons. The van der Waals surface area contributed by atoms with Gasteiger partial charge in [0, 0.05) is 0 Å². The molecule has 13 heavy (non-hydrogen) atoms. The molecule has 0 spiro atoms. The van der Waals surface area contributed by atoms with Gasteiger partial charge in [-0.2, -0.15) is 0 Å². The number of thiol groups is 1. The second kappa shape index (κ2) is 3.49. The lowest BCUT2D eigenvalue weighted by atomic mass is 9.84. The molecule has 0 aromatic rings. The largest absolute Gasteiger partial charge is 0.292 e. The van der Waals surface area contributed by atoms with Crippen LogP contribution in [0.4, 0.5) is 0 Å². The molecule has 0 aliphatic heterocycles. The van der Waals surface area contributed by atoms with Gasteiger partial charge in [0.25, 0.3) is 0 Å². The van der Waals surface area contributed by atoms with Gasteiger partial charge in [0.1, 0.15) is 0 Å². The highest BCUT2D eigenvalue weighted by molar-refractivity contribution is 8.47. The van der Waals surface area contributed by atoms with Gasteiger partial charge in [-0.15, -0.1) is 0 Å². The second-order valence-electron chi connectivity index (χ2n) is 7.26. The lowest BCUT2D eigenvalue weighted by Crippen LogP contribution is -2.25. The zero-order valence-electron chi connectivity index (χ0n) is 10.1. The molecule has 0 nitrogen and oxygen atoms in total. The highest BCUT2D eigenvalue weighted by Gasteiger charge is 2.26. The van der Waals surface area contributed by atoms with Crippen LogP contribution in [0, 0.1) is 11.8 Å². The first-order valence-electron chi connectivity index (χ1n) is 5.72. The minimum Gasteiger partial charge on any atom is -0.292 e. The molecule has 0 amide bonds. The summed E-state index contributed by atoms with van der Waals surface area (Å²) in [6.45, 7) is 2.41. The van der Waals surface area contributed by atoms with E-state index in [1.165, 1.54) is 31.4 Å². The van der Waals surface area contributed by atoms with Gasteiger partial charge in [0.2, 0.25) is 0 Å². The molecule has 0 unspecified atom stereocenters. The maximum absolute atomic E-state index is 2.52. The maximum Gasteiger partial charge on any atom is -0.0336 e. The first-order chi connectivity index (χ1) is 5.72. The van der Waals surface area contributed by atoms with Crippen molar-refractivity contribution < 1.29 is 0 Å². The van der Waals surface area contributed by atoms with Gasteiger partial charge in [-0.25, -0.2) is 0 Å². The average Bonchev–Trinajstić information content (AvgIpc) is 1.89. The molecule has 0 radical (unpaired) electrons. The molecule has 0 aromatic carbocycles. The lowest BCUT2D eigenvalue weighted by Gasteiger charge is -2.50. The molecule has 0 N–H and O–H groups in total. The van der Waals surface area contributed by atoms with Gasteiger partial charge in [0.15, 0.2) is 0 Å². The monoisotopic (exact) mass is 204 g/mol. The SMILES string of the molecule is CC1CCC(C[SH](C)(C)(C)C)CC1. The van der Waals surface area contributed by atoms with Crippen LogP contribution in [0.1, 0.15) is 32.6 Å². The minimum absolute atomic E-state index is 1.00. The Labute approximate surface area is 84.8 Å². The van der Waals surface area contributed by atoms with E-state index in [1.54, 1.807) is 0 Å². The lowest BCUT2D eigenvalue weighted by molar-refractivity contribution is 0.310. The van der Waals surface area contributed by atoms with Crippen LogP contribution in [-0.2, 0) is 0 Å². The van der Waals surface area contributed by atoms with Gasteiger partial charge in [0.05, 0.1) is 0 Å². The summed E-state index contributed by atoms with van der Waals surface area (Å²) in [5.74, 6) is 3.58. The molecule has 0 heterocycles. The van der Waals surface area contributed by atoms with E-state index in [0.717, 1.165) is 11.8 Å². The van der Waals surface area contributed by atoms with Gasteiger partial charge >= 0.3 is 0 Å². The van der Waals surface area contributed by atoms with Crippen molar-refractivity contribution in [3.8, 4) is 0 Å². The van der Waals surface area contributed by atoms with E-state index in [1.807, 2.05) is 0 Å². The summed E-state index contributed by atoms with van der Waals surface area (Å²) in [4.78, 5) is 0. The summed E-state index contributed by atoms with van der Waals surface area (Å²) in [6, 6.07) is 0. The fourth-order valence-corrected chi connectivity index (χ4v) is 4.98. The first-order valence-corrected chi connectivity index (χ1v) is 9.93. The van der Waals surface area contributed by atoms with Crippen LogP contribution in [0.5, 0.6) is 0 Å². The molecular weight excluding hydrogens is 176 g/mol. The molecule has 0 saturated heterocycles. The molecule has 0 aromatic heterocycles. The predicted octanol–water partition coefficient (Wildman–Crippen LogP) is 3.40. The summed E-state index contributed by atoms with van der Waals surface area (Å²) < 4.78 is 0. The molecule has 0 atom stereocenters. The molecule has 1 aliphatic rings. The third kappa shape index (κ3) is 4.95. The Hall–Kier alpha value is 0.350. The van der Waals surface area contributed by atoms with Gasteiger partial charge < -0.3 is 0 Å². The van der Waals surface area contributed by atoms with Crippen LogP contribution in [0.3, 0.4) is 0 Å². The van der Waals surface area contributed by atoms with Crippen LogP contribution in [0.25, 0.3) is 0 Å². The Morgan fingerprint density at radius 2 is 1.38 bits per heavy atom. The standard InChI is InChI=1S/C12H28S/c1-11-6-8-12(9-7-11)10-13(2,3,4)5/h11-13H,6-10H2,1-5H3. The van der Waals surface area contributed by atoms with E-state index < -0.39 is 9.16 Å². The fraction of sp³-hybridized carbons (Fsp3) is 1.00. The third-order valence-corrected chi connectivity index (χ3v) is 5.10. The molecule has 0 bridgehead atoms. The Bertz CT molecular complexity index is 158. The highest BCUT2D eigenvalue weighted by Crippen LogP contribution is 2.58. The normalized spacial score (nSPS) is 33.8. The smallest absolute Gasteiger partial charge is 0.0336 e. The summed E-state index contributed by atoms with van der Waals surface area (Å²) in [5, 5.41) is 0. The fourth-order valence-electron chi connectivity index (χ4n) is 2.54. The van der Waals surface area contributed by atoms with E-state index in [2.05, 4.69) is 31.9 Å². The van der Waals surface area contributed by atoms with Crippen LogP contribution >= 0.6 is 9.16 Å². The van der Waals surface area contributed by atoms with E-state index in [-0.39, 0.29) is 0 Å². The van der Waals surface area contributed by atoms with Crippen LogP contribution in [-0.4, -0.2) is 30.8 Å². The Kier molecular flexibility index (Phi) is 3.07. The molecule has 1 saturated carbocycles. The number of rotatable bonds is 2. The van der Waals surface area contributed by atoms with E-state index in [4.69, 9.17) is 0 Å². The summed E-state index contributed by atoms with van der Waals surface area (Å²) in [7, 11) is -1.22. The summed E-state index contributed by atoms with van der Waals surface area (Å²) in [5.41, 5.74) is 0. The number of hydrogen-bond acceptors (Lipinski definition) is 0. The van der Waals surface area contributed by atoms with Gasteiger partial charge in [-0.05, 0) is 55.5 Å². The van der Waals surface area contributed by atoms with Crippen molar-refractivity contribution in [2.75, 3.05) is 30.8 Å². The topological polar surface area (TPSA) is 0 Å². The van der Waals surface area contributed by atoms with Crippen molar-refractivity contribution in [3.63, 3.8) is 0 Å². The predicted molar refractivity (Wildman–Crippen MR) is 68.7 cm³/mol. The van der Waals surface area contributed by atoms with E-state index in [9.17, 15) is 0 Å². The van der Waals surface area contributed by atoms with Crippen molar-refractivity contribution in [2.24, 2.45) is 11.8 Å². The van der Waals surface area contributed by atoms with Crippen LogP contribution in [0.2, 0.25) is 0 Å².